The molecule has 2 aliphatic heterocycles. The van der Waals surface area contributed by atoms with E-state index in [0.29, 0.717) is 60.7 Å². The molecule has 5 rings (SSSR count). The minimum absolute atomic E-state index is 0.00361. The van der Waals surface area contributed by atoms with Crippen LogP contribution in [0, 0.1) is 0 Å². The van der Waals surface area contributed by atoms with E-state index < -0.39 is 10.0 Å². The molecule has 3 aromatic rings. The summed E-state index contributed by atoms with van der Waals surface area (Å²) < 4.78 is 30.2. The van der Waals surface area contributed by atoms with Gasteiger partial charge in [0, 0.05) is 48.6 Å². The van der Waals surface area contributed by atoms with Gasteiger partial charge in [-0.1, -0.05) is 76.9 Å². The van der Waals surface area contributed by atoms with E-state index in [1.807, 2.05) is 48.5 Å². The molecule has 0 aromatic heterocycles. The first-order valence-electron chi connectivity index (χ1n) is 12.5. The molecular weight excluding hydrogens is 574 g/mol. The van der Waals surface area contributed by atoms with E-state index in [9.17, 15) is 13.2 Å². The topological polar surface area (TPSA) is 60.9 Å². The van der Waals surface area contributed by atoms with Gasteiger partial charge in [0.1, 0.15) is 4.90 Å². The van der Waals surface area contributed by atoms with Crippen LogP contribution in [0.25, 0.3) is 0 Å². The maximum Gasteiger partial charge on any atom is 0.245 e. The fourth-order valence-electron chi connectivity index (χ4n) is 5.34. The van der Waals surface area contributed by atoms with Crippen LogP contribution in [0.3, 0.4) is 0 Å². The monoisotopic (exact) mass is 601 g/mol. The maximum absolute atomic E-state index is 13.9. The van der Waals surface area contributed by atoms with Crippen molar-refractivity contribution in [2.75, 3.05) is 37.6 Å². The van der Waals surface area contributed by atoms with Crippen LogP contribution in [0.15, 0.2) is 76.1 Å². The van der Waals surface area contributed by atoms with Crippen LogP contribution in [0.1, 0.15) is 36.1 Å². The van der Waals surface area contributed by atoms with Crippen LogP contribution < -0.4 is 4.90 Å². The van der Waals surface area contributed by atoms with Crippen molar-refractivity contribution >= 4 is 49.1 Å². The van der Waals surface area contributed by atoms with Crippen LogP contribution >= 0.6 is 27.5 Å². The molecule has 1 fully saturated rings. The Bertz CT molecular complexity index is 1390. The smallest absolute Gasteiger partial charge is 0.245 e. The molecular formula is C28H29BrClN3O3S. The Morgan fingerprint density at radius 3 is 2.24 bits per heavy atom. The van der Waals surface area contributed by atoms with E-state index in [0.717, 1.165) is 16.7 Å². The van der Waals surface area contributed by atoms with Gasteiger partial charge in [-0.15, -0.1) is 0 Å². The largest absolute Gasteiger partial charge is 0.310 e. The number of fused-ring (bicyclic) bond motifs is 1. The van der Waals surface area contributed by atoms with Gasteiger partial charge in [-0.25, -0.2) is 8.42 Å². The molecule has 9 heteroatoms. The molecule has 6 nitrogen and oxygen atoms in total. The first-order chi connectivity index (χ1) is 17.8. The Hall–Kier alpha value is -2.23. The molecule has 0 radical (unpaired) electrons. The molecule has 0 bridgehead atoms. The van der Waals surface area contributed by atoms with E-state index in [1.54, 1.807) is 22.2 Å². The van der Waals surface area contributed by atoms with Crippen molar-refractivity contribution in [2.45, 2.75) is 30.7 Å². The first-order valence-corrected chi connectivity index (χ1v) is 15.1. The molecule has 3 aromatic carbocycles. The van der Waals surface area contributed by atoms with E-state index in [-0.39, 0.29) is 16.8 Å². The number of halogens is 2. The Morgan fingerprint density at radius 2 is 1.59 bits per heavy atom. The fourth-order valence-corrected chi connectivity index (χ4v) is 7.81. The van der Waals surface area contributed by atoms with Crippen molar-refractivity contribution in [2.24, 2.45) is 0 Å². The zero-order valence-electron chi connectivity index (χ0n) is 20.6. The predicted octanol–water partition coefficient (Wildman–Crippen LogP) is 5.50. The third kappa shape index (κ3) is 5.22. The molecule has 0 saturated carbocycles. The molecule has 2 aliphatic rings. The number of benzene rings is 3. The molecule has 37 heavy (non-hydrogen) atoms. The quantitative estimate of drug-likeness (QED) is 0.374. The minimum Gasteiger partial charge on any atom is -0.310 e. The Labute approximate surface area is 232 Å². The Morgan fingerprint density at radius 1 is 0.946 bits per heavy atom. The number of rotatable bonds is 6. The summed E-state index contributed by atoms with van der Waals surface area (Å²) in [5, 5.41) is 0.684. The zero-order chi connectivity index (χ0) is 26.2. The van der Waals surface area contributed by atoms with Crippen molar-refractivity contribution < 1.29 is 13.2 Å². The highest BCUT2D eigenvalue weighted by Gasteiger charge is 2.37. The zero-order valence-corrected chi connectivity index (χ0v) is 23.8. The highest BCUT2D eigenvalue weighted by molar-refractivity contribution is 9.10. The average Bonchev–Trinajstić information content (AvgIpc) is 3.33. The second-order valence-electron chi connectivity index (χ2n) is 9.37. The summed E-state index contributed by atoms with van der Waals surface area (Å²) in [7, 11) is -3.80. The summed E-state index contributed by atoms with van der Waals surface area (Å²) in [6, 6.07) is 21.7. The lowest BCUT2D eigenvalue weighted by Gasteiger charge is -2.39. The number of nitrogens with zero attached hydrogens (tertiary/aromatic N) is 3. The average molecular weight is 603 g/mol. The van der Waals surface area contributed by atoms with Gasteiger partial charge in [0.15, 0.2) is 0 Å². The number of anilines is 1. The summed E-state index contributed by atoms with van der Waals surface area (Å²) in [4.78, 5) is 16.8. The van der Waals surface area contributed by atoms with Gasteiger partial charge >= 0.3 is 0 Å². The van der Waals surface area contributed by atoms with Gasteiger partial charge in [-0.2, -0.15) is 4.31 Å². The Balaban J connectivity index is 1.42. The third-order valence-corrected chi connectivity index (χ3v) is 9.78. The van der Waals surface area contributed by atoms with Crippen molar-refractivity contribution in [3.63, 3.8) is 0 Å². The number of amides is 1. The van der Waals surface area contributed by atoms with Crippen molar-refractivity contribution in [3.05, 3.63) is 92.9 Å². The maximum atomic E-state index is 13.9. The fraction of sp³-hybridized carbons (Fsp3) is 0.321. The molecule has 0 spiro atoms. The lowest BCUT2D eigenvalue weighted by Crippen LogP contribution is -2.50. The van der Waals surface area contributed by atoms with E-state index >= 15 is 0 Å². The van der Waals surface area contributed by atoms with Crippen LogP contribution in [0.4, 0.5) is 5.69 Å². The second kappa shape index (κ2) is 10.9. The normalized spacial score (nSPS) is 17.5. The van der Waals surface area contributed by atoms with E-state index in [4.69, 9.17) is 11.6 Å². The van der Waals surface area contributed by atoms with Crippen LogP contribution in [-0.4, -0.2) is 56.3 Å². The SMILES string of the molecule is CCC(=O)N1CCc2cc(Br)cc(S(=O)(=O)N3CCN([C@H](c4ccccc4)c4ccc(Cl)cc4)CC3)c21. The minimum atomic E-state index is -3.80. The number of hydrogen-bond acceptors (Lipinski definition) is 4. The molecule has 1 atom stereocenters. The predicted molar refractivity (Wildman–Crippen MR) is 151 cm³/mol. The third-order valence-electron chi connectivity index (χ3n) is 7.15. The second-order valence-corrected chi connectivity index (χ2v) is 12.6. The number of sulfonamides is 1. The molecule has 1 amide bonds. The summed E-state index contributed by atoms with van der Waals surface area (Å²) in [6.07, 6.45) is 0.982. The number of carbonyl (C=O) groups is 1. The molecule has 0 aliphatic carbocycles. The first kappa shape index (κ1) is 26.4. The van der Waals surface area contributed by atoms with Crippen LogP contribution in [0.2, 0.25) is 5.02 Å². The number of carbonyl (C=O) groups excluding carboxylic acids is 1. The number of piperazine rings is 1. The van der Waals surface area contributed by atoms with Crippen LogP contribution in [-0.2, 0) is 21.2 Å². The van der Waals surface area contributed by atoms with Crippen LogP contribution in [0.5, 0.6) is 0 Å². The molecule has 0 unspecified atom stereocenters. The standard InChI is InChI=1S/C28H29BrClN3O3S/c1-2-26(34)33-13-12-22-18-23(29)19-25(28(22)33)37(35,36)32-16-14-31(15-17-32)27(20-6-4-3-5-7-20)21-8-10-24(30)11-9-21/h3-11,18-19,27H,2,12-17H2,1H3/t27-/m1/s1. The number of hydrogen-bond donors (Lipinski definition) is 0. The highest BCUT2D eigenvalue weighted by Crippen LogP contribution is 2.40. The Kier molecular flexibility index (Phi) is 7.75. The lowest BCUT2D eigenvalue weighted by molar-refractivity contribution is -0.118. The van der Waals surface area contributed by atoms with E-state index in [1.165, 1.54) is 0 Å². The van der Waals surface area contributed by atoms with Gasteiger partial charge in [0.25, 0.3) is 0 Å². The van der Waals surface area contributed by atoms with E-state index in [2.05, 4.69) is 33.0 Å². The van der Waals surface area contributed by atoms with Crippen molar-refractivity contribution in [3.8, 4) is 0 Å². The molecule has 2 heterocycles. The summed E-state index contributed by atoms with van der Waals surface area (Å²) >= 11 is 9.64. The van der Waals surface area contributed by atoms with Gasteiger partial charge in [0.2, 0.25) is 15.9 Å². The summed E-state index contributed by atoms with van der Waals surface area (Å²) in [5.74, 6) is -0.0593. The van der Waals surface area contributed by atoms with Crippen molar-refractivity contribution in [1.29, 1.82) is 0 Å². The van der Waals surface area contributed by atoms with Gasteiger partial charge in [-0.05, 0) is 47.4 Å². The summed E-state index contributed by atoms with van der Waals surface area (Å²) in [6.45, 7) is 4.19. The van der Waals surface area contributed by atoms with Gasteiger partial charge in [0.05, 0.1) is 11.7 Å². The molecule has 194 valence electrons. The summed E-state index contributed by atoms with van der Waals surface area (Å²) in [5.41, 5.74) is 3.70. The highest BCUT2D eigenvalue weighted by atomic mass is 79.9. The molecule has 0 N–H and O–H groups in total. The van der Waals surface area contributed by atoms with Gasteiger partial charge < -0.3 is 4.90 Å². The van der Waals surface area contributed by atoms with Crippen molar-refractivity contribution in [1.82, 2.24) is 9.21 Å². The lowest BCUT2D eigenvalue weighted by atomic mass is 9.96. The van der Waals surface area contributed by atoms with Gasteiger partial charge in [-0.3, -0.25) is 9.69 Å². The molecule has 1 saturated heterocycles.